The fourth-order valence-electron chi connectivity index (χ4n) is 0.0651. The summed E-state index contributed by atoms with van der Waals surface area (Å²) >= 11 is 3.22. The van der Waals surface area contributed by atoms with E-state index in [1.165, 1.54) is 0 Å². The molecule has 0 aromatic carbocycles. The number of carbonyl (C=O) groups excluding carboxylic acids is 1. The van der Waals surface area contributed by atoms with Crippen LogP contribution >= 0.6 is 12.6 Å². The molecule has 0 fully saturated rings. The molecule has 38 valence electrons. The maximum atomic E-state index is 9.69. The minimum absolute atomic E-state index is 0.669. The van der Waals surface area contributed by atoms with Crippen molar-refractivity contribution < 1.29 is 4.79 Å². The predicted molar refractivity (Wildman–Crippen MR) is 26.7 cm³/mol. The van der Waals surface area contributed by atoms with Crippen molar-refractivity contribution in [3.8, 4) is 0 Å². The Bertz CT molecular complexity index is 115. The van der Waals surface area contributed by atoms with Gasteiger partial charge in [-0.2, -0.15) is 10.3 Å². The van der Waals surface area contributed by atoms with Crippen LogP contribution in [0.1, 0.15) is 0 Å². The molecule has 0 aliphatic carbocycles. The largest absolute Gasteiger partial charge is 0.367 e. The van der Waals surface area contributed by atoms with E-state index in [4.69, 9.17) is 5.53 Å². The summed E-state index contributed by atoms with van der Waals surface area (Å²) in [5.74, 6) is 0. The van der Waals surface area contributed by atoms with Crippen LogP contribution in [-0.4, -0.2) is 5.24 Å². The van der Waals surface area contributed by atoms with Crippen LogP contribution < -0.4 is 5.43 Å². The Morgan fingerprint density at radius 3 is 2.71 bits per heavy atom. The summed E-state index contributed by atoms with van der Waals surface area (Å²) in [4.78, 5) is 11.9. The van der Waals surface area contributed by atoms with E-state index in [0.717, 1.165) is 0 Å². The quantitative estimate of drug-likeness (QED) is 0.173. The topological polar surface area (TPSA) is 77.9 Å². The summed E-state index contributed by atoms with van der Waals surface area (Å²) in [5, 5.41) is 2.01. The van der Waals surface area contributed by atoms with Gasteiger partial charge in [0.1, 0.15) is 0 Å². The number of amides is 1. The van der Waals surface area contributed by atoms with Gasteiger partial charge in [0, 0.05) is 0 Å². The number of hydrogen-bond acceptors (Lipinski definition) is 2. The molecule has 0 saturated heterocycles. The van der Waals surface area contributed by atoms with Crippen LogP contribution in [0.3, 0.4) is 0 Å². The molecule has 1 amide bonds. The standard InChI is InChI=1S/CH2N4OS/c2-4-5-3-1(6)7/h(H2,3,6,7). The highest BCUT2D eigenvalue weighted by Gasteiger charge is 1.85. The van der Waals surface area contributed by atoms with Crippen LogP contribution in [-0.2, 0) is 0 Å². The summed E-state index contributed by atoms with van der Waals surface area (Å²) < 4.78 is 0. The SMILES string of the molecule is [N-]=[N+]=NNC(=O)S. The van der Waals surface area contributed by atoms with Crippen molar-refractivity contribution in [1.82, 2.24) is 5.43 Å². The lowest BCUT2D eigenvalue weighted by atomic mass is 11.4. The smallest absolute Gasteiger partial charge is 0.233 e. The van der Waals surface area contributed by atoms with Crippen molar-refractivity contribution in [3.05, 3.63) is 10.4 Å². The molecule has 0 rings (SSSR count). The molecule has 1 N–H and O–H groups in total. The molecule has 5 nitrogen and oxygen atoms in total. The summed E-state index contributed by atoms with van der Waals surface area (Å²) in [6.07, 6.45) is 0. The Kier molecular flexibility index (Phi) is 2.91. The molecule has 0 aliphatic rings. The first kappa shape index (κ1) is 6.13. The first-order chi connectivity index (χ1) is 3.27. The highest BCUT2D eigenvalue weighted by atomic mass is 32.1. The average molecular weight is 118 g/mol. The Labute approximate surface area is 44.7 Å². The number of carbonyl (C=O) groups is 1. The average Bonchev–Trinajstić information content (AvgIpc) is 1.61. The van der Waals surface area contributed by atoms with E-state index in [2.05, 4.69) is 22.8 Å². The van der Waals surface area contributed by atoms with Gasteiger partial charge in [-0.05, 0) is 5.22 Å². The van der Waals surface area contributed by atoms with Gasteiger partial charge >= 0.3 is 5.24 Å². The van der Waals surface area contributed by atoms with Crippen molar-refractivity contribution in [2.45, 2.75) is 0 Å². The zero-order chi connectivity index (χ0) is 5.70. The van der Waals surface area contributed by atoms with E-state index in [1.807, 2.05) is 0 Å². The van der Waals surface area contributed by atoms with Gasteiger partial charge < -0.3 is 0 Å². The van der Waals surface area contributed by atoms with E-state index in [1.54, 1.807) is 5.43 Å². The van der Waals surface area contributed by atoms with E-state index in [9.17, 15) is 4.79 Å². The second kappa shape index (κ2) is 3.32. The zero-order valence-electron chi connectivity index (χ0n) is 3.20. The predicted octanol–water partition coefficient (Wildman–Crippen LogP) is 0.851. The van der Waals surface area contributed by atoms with Gasteiger partial charge in [0.2, 0.25) is 0 Å². The highest BCUT2D eigenvalue weighted by Crippen LogP contribution is 1.73. The minimum Gasteiger partial charge on any atom is -0.233 e. The second-order valence-electron chi connectivity index (χ2n) is 0.606. The molecule has 0 spiro atoms. The summed E-state index contributed by atoms with van der Waals surface area (Å²) in [6.45, 7) is 0. The number of nitrogens with one attached hydrogen (secondary N) is 1. The van der Waals surface area contributed by atoms with Gasteiger partial charge in [-0.25, -0.2) is 4.79 Å². The zero-order valence-corrected chi connectivity index (χ0v) is 4.09. The Hall–Kier alpha value is -0.870. The minimum atomic E-state index is -0.669. The first-order valence-electron chi connectivity index (χ1n) is 1.30. The summed E-state index contributed by atoms with van der Waals surface area (Å²) in [5.41, 5.74) is 9.25. The Morgan fingerprint density at radius 1 is 2.00 bits per heavy atom. The van der Waals surface area contributed by atoms with Gasteiger partial charge in [-0.1, -0.05) is 12.6 Å². The van der Waals surface area contributed by atoms with Gasteiger partial charge in [-0.15, -0.1) is 5.53 Å². The third-order valence-corrected chi connectivity index (χ3v) is 0.290. The Morgan fingerprint density at radius 2 is 2.57 bits per heavy atom. The van der Waals surface area contributed by atoms with Crippen molar-refractivity contribution in [3.63, 3.8) is 0 Å². The number of thiol groups is 1. The molecular formula is CH2N4OS. The van der Waals surface area contributed by atoms with Crippen LogP contribution in [0.2, 0.25) is 0 Å². The van der Waals surface area contributed by atoms with Crippen LogP contribution in [0.5, 0.6) is 0 Å². The van der Waals surface area contributed by atoms with Gasteiger partial charge in [0.15, 0.2) is 0 Å². The maximum Gasteiger partial charge on any atom is 0.367 e. The van der Waals surface area contributed by atoms with Crippen LogP contribution in [0.15, 0.2) is 5.22 Å². The molecule has 0 aliphatic heterocycles. The second-order valence-corrected chi connectivity index (χ2v) is 1.01. The van der Waals surface area contributed by atoms with Gasteiger partial charge in [0.25, 0.3) is 0 Å². The van der Waals surface area contributed by atoms with Crippen molar-refractivity contribution in [2.24, 2.45) is 5.22 Å². The lowest BCUT2D eigenvalue weighted by Crippen LogP contribution is -2.04. The normalized spacial score (nSPS) is 6.43. The third-order valence-electron chi connectivity index (χ3n) is 0.190. The van der Waals surface area contributed by atoms with Gasteiger partial charge in [-0.3, -0.25) is 0 Å². The molecule has 0 aromatic rings. The fourth-order valence-corrected chi connectivity index (χ4v) is 0.110. The Balaban J connectivity index is 3.32. The number of nitrogens with zero attached hydrogens (tertiary/aromatic N) is 3. The molecule has 0 radical (unpaired) electrons. The fraction of sp³-hybridized carbons (Fsp3) is 0. The number of azide groups is 1. The molecule has 0 unspecified atom stereocenters. The van der Waals surface area contributed by atoms with Gasteiger partial charge in [0.05, 0.1) is 0 Å². The molecule has 0 saturated carbocycles. The molecule has 0 aromatic heterocycles. The number of hydrogen-bond donors (Lipinski definition) is 2. The van der Waals surface area contributed by atoms with Crippen LogP contribution in [0, 0.1) is 0 Å². The molecule has 6 heteroatoms. The van der Waals surface area contributed by atoms with Crippen molar-refractivity contribution in [2.75, 3.05) is 0 Å². The monoisotopic (exact) mass is 118 g/mol. The number of rotatable bonds is 1. The molecular weight excluding hydrogens is 116 g/mol. The van der Waals surface area contributed by atoms with E-state index >= 15 is 0 Å². The lowest BCUT2D eigenvalue weighted by molar-refractivity contribution is 0.261. The van der Waals surface area contributed by atoms with Crippen molar-refractivity contribution in [1.29, 1.82) is 0 Å². The lowest BCUT2D eigenvalue weighted by Gasteiger charge is -1.76. The molecule has 0 bridgehead atoms. The van der Waals surface area contributed by atoms with E-state index in [0.29, 0.717) is 0 Å². The van der Waals surface area contributed by atoms with Crippen LogP contribution in [0.25, 0.3) is 10.4 Å². The van der Waals surface area contributed by atoms with Crippen molar-refractivity contribution >= 4 is 17.9 Å². The van der Waals surface area contributed by atoms with E-state index < -0.39 is 5.24 Å². The van der Waals surface area contributed by atoms with E-state index in [-0.39, 0.29) is 0 Å². The highest BCUT2D eigenvalue weighted by molar-refractivity contribution is 7.96. The first-order valence-corrected chi connectivity index (χ1v) is 1.75. The molecule has 0 atom stereocenters. The third kappa shape index (κ3) is 5.13. The summed E-state index contributed by atoms with van der Waals surface area (Å²) in [6, 6.07) is 0. The molecule has 0 heterocycles. The van der Waals surface area contributed by atoms with Crippen LogP contribution in [0.4, 0.5) is 4.79 Å². The maximum absolute atomic E-state index is 9.69. The summed E-state index contributed by atoms with van der Waals surface area (Å²) in [7, 11) is 0. The molecule has 7 heavy (non-hydrogen) atoms.